The molecule has 1 aliphatic rings. The minimum atomic E-state index is 0.409. The predicted octanol–water partition coefficient (Wildman–Crippen LogP) is 4.57. The Morgan fingerprint density at radius 3 is 2.59 bits per heavy atom. The van der Waals surface area contributed by atoms with Gasteiger partial charge >= 0.3 is 0 Å². The zero-order valence-electron chi connectivity index (χ0n) is 10.6. The summed E-state index contributed by atoms with van der Waals surface area (Å²) >= 11 is 6.28. The van der Waals surface area contributed by atoms with Crippen LogP contribution in [0.5, 0.6) is 0 Å². The summed E-state index contributed by atoms with van der Waals surface area (Å²) in [6.45, 7) is 0. The molecule has 0 radical (unpaired) electrons. The lowest BCUT2D eigenvalue weighted by molar-refractivity contribution is 0.306. The highest BCUT2D eigenvalue weighted by Gasteiger charge is 2.20. The van der Waals surface area contributed by atoms with E-state index < -0.39 is 0 Å². The van der Waals surface area contributed by atoms with E-state index in [1.165, 1.54) is 44.1 Å². The number of halogens is 1. The molecule has 2 heteroatoms. The fraction of sp³-hybridized carbons (Fsp3) is 0.600. The third-order valence-corrected chi connectivity index (χ3v) is 4.27. The zero-order valence-corrected chi connectivity index (χ0v) is 11.3. The van der Waals surface area contributed by atoms with Crippen LogP contribution in [0.25, 0.3) is 0 Å². The summed E-state index contributed by atoms with van der Waals surface area (Å²) in [5.74, 6) is 0.873. The van der Waals surface area contributed by atoms with E-state index >= 15 is 0 Å². The zero-order chi connectivity index (χ0) is 12.1. The molecular weight excluding hydrogens is 230 g/mol. The molecule has 1 saturated carbocycles. The number of nitrogens with one attached hydrogen (secondary N) is 1. The number of hydrogen-bond donors (Lipinski definition) is 1. The van der Waals surface area contributed by atoms with Gasteiger partial charge in [-0.2, -0.15) is 0 Å². The molecule has 17 heavy (non-hydrogen) atoms. The molecule has 1 nitrogen and oxygen atoms in total. The van der Waals surface area contributed by atoms with E-state index in [0.29, 0.717) is 6.04 Å². The lowest BCUT2D eigenvalue weighted by Gasteiger charge is -2.27. The van der Waals surface area contributed by atoms with Crippen molar-refractivity contribution in [3.8, 4) is 0 Å². The predicted molar refractivity (Wildman–Crippen MR) is 74.4 cm³/mol. The van der Waals surface area contributed by atoms with Crippen LogP contribution in [0.15, 0.2) is 24.3 Å². The van der Waals surface area contributed by atoms with Crippen LogP contribution in [0, 0.1) is 5.92 Å². The Kier molecular flexibility index (Phi) is 4.87. The van der Waals surface area contributed by atoms with E-state index in [2.05, 4.69) is 17.4 Å². The van der Waals surface area contributed by atoms with Crippen LogP contribution in [0.3, 0.4) is 0 Å². The van der Waals surface area contributed by atoms with Gasteiger partial charge in [-0.1, -0.05) is 61.9 Å². The molecule has 0 heterocycles. The summed E-state index contributed by atoms with van der Waals surface area (Å²) in [4.78, 5) is 0. The Labute approximate surface area is 110 Å². The van der Waals surface area contributed by atoms with E-state index in [4.69, 9.17) is 11.6 Å². The second-order valence-electron chi connectivity index (χ2n) is 5.10. The molecule has 1 aromatic rings. The summed E-state index contributed by atoms with van der Waals surface area (Å²) in [5, 5.41) is 4.31. The van der Waals surface area contributed by atoms with E-state index in [-0.39, 0.29) is 0 Å². The van der Waals surface area contributed by atoms with Crippen molar-refractivity contribution in [2.75, 3.05) is 7.05 Å². The maximum absolute atomic E-state index is 6.28. The average Bonchev–Trinajstić information content (AvgIpc) is 2.38. The lowest BCUT2D eigenvalue weighted by Crippen LogP contribution is -2.21. The maximum Gasteiger partial charge on any atom is 0.0453 e. The molecule has 0 aromatic heterocycles. The van der Waals surface area contributed by atoms with Gasteiger partial charge in [0.25, 0.3) is 0 Å². The van der Waals surface area contributed by atoms with Crippen LogP contribution in [-0.4, -0.2) is 7.05 Å². The summed E-state index contributed by atoms with van der Waals surface area (Å²) in [6.07, 6.45) is 8.24. The van der Waals surface area contributed by atoms with Gasteiger partial charge in [-0.15, -0.1) is 0 Å². The molecule has 0 spiro atoms. The fourth-order valence-corrected chi connectivity index (χ4v) is 3.18. The van der Waals surface area contributed by atoms with Crippen LogP contribution in [0.2, 0.25) is 5.02 Å². The summed E-state index contributed by atoms with van der Waals surface area (Å²) < 4.78 is 0. The van der Waals surface area contributed by atoms with Gasteiger partial charge in [0.05, 0.1) is 0 Å². The fourth-order valence-electron chi connectivity index (χ4n) is 2.91. The molecular formula is C15H22ClN. The smallest absolute Gasteiger partial charge is 0.0453 e. The van der Waals surface area contributed by atoms with Crippen molar-refractivity contribution >= 4 is 11.6 Å². The van der Waals surface area contributed by atoms with Crippen molar-refractivity contribution in [3.63, 3.8) is 0 Å². The Hall–Kier alpha value is -0.530. The molecule has 1 atom stereocenters. The van der Waals surface area contributed by atoms with Crippen molar-refractivity contribution in [3.05, 3.63) is 34.9 Å². The van der Waals surface area contributed by atoms with E-state index in [1.807, 2.05) is 19.2 Å². The topological polar surface area (TPSA) is 12.0 Å². The highest BCUT2D eigenvalue weighted by Crippen LogP contribution is 2.33. The van der Waals surface area contributed by atoms with Gasteiger partial charge in [0.15, 0.2) is 0 Å². The number of benzene rings is 1. The second-order valence-corrected chi connectivity index (χ2v) is 5.51. The van der Waals surface area contributed by atoms with Crippen LogP contribution in [-0.2, 0) is 0 Å². The second kappa shape index (κ2) is 6.42. The maximum atomic E-state index is 6.28. The standard InChI is InChI=1S/C15H22ClN/c1-17-15(11-12-7-3-2-4-8-12)13-9-5-6-10-14(13)16/h5-6,9-10,12,15,17H,2-4,7-8,11H2,1H3. The van der Waals surface area contributed by atoms with Gasteiger partial charge in [-0.25, -0.2) is 0 Å². The highest BCUT2D eigenvalue weighted by atomic mass is 35.5. The molecule has 1 aliphatic carbocycles. The Morgan fingerprint density at radius 2 is 1.94 bits per heavy atom. The first-order valence-corrected chi connectivity index (χ1v) is 7.10. The molecule has 0 aliphatic heterocycles. The van der Waals surface area contributed by atoms with Crippen LogP contribution >= 0.6 is 11.6 Å². The molecule has 0 saturated heterocycles. The molecule has 2 rings (SSSR count). The van der Waals surface area contributed by atoms with Gasteiger partial charge in [0, 0.05) is 11.1 Å². The quantitative estimate of drug-likeness (QED) is 0.827. The lowest BCUT2D eigenvalue weighted by atomic mass is 9.83. The molecule has 0 amide bonds. The van der Waals surface area contributed by atoms with Gasteiger partial charge in [-0.3, -0.25) is 0 Å². The first-order valence-electron chi connectivity index (χ1n) is 6.73. The first kappa shape index (κ1) is 12.9. The van der Waals surface area contributed by atoms with Gasteiger partial charge < -0.3 is 5.32 Å². The molecule has 94 valence electrons. The number of rotatable bonds is 4. The minimum absolute atomic E-state index is 0.409. The Bertz CT molecular complexity index is 345. The molecule has 0 bridgehead atoms. The van der Waals surface area contributed by atoms with Crippen molar-refractivity contribution in [1.82, 2.24) is 5.32 Å². The third kappa shape index (κ3) is 3.46. The Balaban J connectivity index is 2.03. The minimum Gasteiger partial charge on any atom is -0.313 e. The third-order valence-electron chi connectivity index (χ3n) is 3.92. The summed E-state index contributed by atoms with van der Waals surface area (Å²) in [6, 6.07) is 8.62. The molecule has 1 unspecified atom stereocenters. The van der Waals surface area contributed by atoms with Crippen LogP contribution < -0.4 is 5.32 Å². The first-order chi connectivity index (χ1) is 8.31. The van der Waals surface area contributed by atoms with Crippen molar-refractivity contribution in [1.29, 1.82) is 0 Å². The van der Waals surface area contributed by atoms with E-state index in [0.717, 1.165) is 10.9 Å². The van der Waals surface area contributed by atoms with E-state index in [1.54, 1.807) is 0 Å². The average molecular weight is 252 g/mol. The number of hydrogen-bond acceptors (Lipinski definition) is 1. The summed E-state index contributed by atoms with van der Waals surface area (Å²) in [5.41, 5.74) is 1.25. The molecule has 1 N–H and O–H groups in total. The van der Waals surface area contributed by atoms with Gasteiger partial charge in [0.1, 0.15) is 0 Å². The SMILES string of the molecule is CNC(CC1CCCCC1)c1ccccc1Cl. The normalized spacial score (nSPS) is 19.2. The largest absolute Gasteiger partial charge is 0.313 e. The summed E-state index contributed by atoms with van der Waals surface area (Å²) in [7, 11) is 2.04. The van der Waals surface area contributed by atoms with Crippen molar-refractivity contribution < 1.29 is 0 Å². The molecule has 1 aromatic carbocycles. The highest BCUT2D eigenvalue weighted by molar-refractivity contribution is 6.31. The van der Waals surface area contributed by atoms with Crippen LogP contribution in [0.4, 0.5) is 0 Å². The molecule has 1 fully saturated rings. The monoisotopic (exact) mass is 251 g/mol. The van der Waals surface area contributed by atoms with Crippen LogP contribution in [0.1, 0.15) is 50.1 Å². The van der Waals surface area contributed by atoms with E-state index in [9.17, 15) is 0 Å². The van der Waals surface area contributed by atoms with Crippen molar-refractivity contribution in [2.45, 2.75) is 44.6 Å². The van der Waals surface area contributed by atoms with Gasteiger partial charge in [0.2, 0.25) is 0 Å². The van der Waals surface area contributed by atoms with Crippen molar-refractivity contribution in [2.24, 2.45) is 5.92 Å². The Morgan fingerprint density at radius 1 is 1.24 bits per heavy atom. The van der Waals surface area contributed by atoms with Gasteiger partial charge in [-0.05, 0) is 31.0 Å².